The van der Waals surface area contributed by atoms with Gasteiger partial charge in [0.2, 0.25) is 0 Å². The predicted octanol–water partition coefficient (Wildman–Crippen LogP) is 1.67. The molecule has 0 saturated carbocycles. The van der Waals surface area contributed by atoms with Crippen LogP contribution < -0.4 is 10.5 Å². The van der Waals surface area contributed by atoms with Crippen LogP contribution in [-0.2, 0) is 0 Å². The third kappa shape index (κ3) is 2.91. The van der Waals surface area contributed by atoms with Gasteiger partial charge in [0.05, 0.1) is 0 Å². The van der Waals surface area contributed by atoms with Gasteiger partial charge in [0.15, 0.2) is 0 Å². The molecule has 0 heterocycles. The summed E-state index contributed by atoms with van der Waals surface area (Å²) in [5.41, 5.74) is 0. The quantitative estimate of drug-likeness (QED) is 0.628. The first kappa shape index (κ1) is 12.5. The molecule has 3 aromatic rings. The summed E-state index contributed by atoms with van der Waals surface area (Å²) in [6.45, 7) is 0. The van der Waals surface area contributed by atoms with Gasteiger partial charge in [-0.25, -0.2) is 0 Å². The fourth-order valence-electron chi connectivity index (χ4n) is 2.51. The predicted molar refractivity (Wildman–Crippen MR) is 86.8 cm³/mol. The molecule has 0 amide bonds. The van der Waals surface area contributed by atoms with Crippen molar-refractivity contribution >= 4 is 30.7 Å². The van der Waals surface area contributed by atoms with Crippen LogP contribution in [0.15, 0.2) is 91.0 Å². The van der Waals surface area contributed by atoms with E-state index >= 15 is 0 Å². The van der Waals surface area contributed by atoms with E-state index in [1.807, 2.05) is 0 Å². The Kier molecular flexibility index (Phi) is 4.00. The van der Waals surface area contributed by atoms with Gasteiger partial charge in [-0.15, -0.1) is 0 Å². The van der Waals surface area contributed by atoms with Gasteiger partial charge in [-0.3, -0.25) is 0 Å². The first-order valence-electron chi connectivity index (χ1n) is 6.60. The zero-order valence-electron chi connectivity index (χ0n) is 10.7. The van der Waals surface area contributed by atoms with Crippen molar-refractivity contribution in [3.05, 3.63) is 91.0 Å². The van der Waals surface area contributed by atoms with Crippen LogP contribution in [0.25, 0.3) is 0 Å². The van der Waals surface area contributed by atoms with E-state index in [-0.39, 0.29) is 0 Å². The average molecular weight is 355 g/mol. The summed E-state index contributed by atoms with van der Waals surface area (Å²) in [6, 6.07) is 33.0. The molecule has 0 nitrogen and oxygen atoms in total. The molecule has 0 aliphatic carbocycles. The molecule has 19 heavy (non-hydrogen) atoms. The van der Waals surface area contributed by atoms with Crippen LogP contribution >= 0.6 is 0 Å². The molecule has 0 N–H and O–H groups in total. The molecule has 0 unspecified atom stereocenters. The Morgan fingerprint density at radius 1 is 0.368 bits per heavy atom. The van der Waals surface area contributed by atoms with Gasteiger partial charge in [0.1, 0.15) is 0 Å². The molecule has 0 atom stereocenters. The van der Waals surface area contributed by atoms with E-state index in [1.54, 1.807) is 10.5 Å². The standard InChI is InChI=1S/3C6H5.Sb.2H/c3*1-2-4-6-5-3-1;;;/h3*1-5H;;;. The second-order valence-electron chi connectivity index (χ2n) is 4.67. The van der Waals surface area contributed by atoms with E-state index in [9.17, 15) is 0 Å². The van der Waals surface area contributed by atoms with Crippen molar-refractivity contribution < 1.29 is 0 Å². The topological polar surface area (TPSA) is 0 Å². The molecule has 0 bridgehead atoms. The molecule has 0 aromatic heterocycles. The summed E-state index contributed by atoms with van der Waals surface area (Å²) >= 11 is -2.14. The van der Waals surface area contributed by atoms with Crippen molar-refractivity contribution in [2.75, 3.05) is 0 Å². The van der Waals surface area contributed by atoms with Crippen molar-refractivity contribution in [2.45, 2.75) is 0 Å². The minimum atomic E-state index is -2.14. The van der Waals surface area contributed by atoms with Gasteiger partial charge >= 0.3 is 122 Å². The van der Waals surface area contributed by atoms with Gasteiger partial charge in [-0.1, -0.05) is 0 Å². The normalized spacial score (nSPS) is 11.1. The van der Waals surface area contributed by atoms with E-state index in [2.05, 4.69) is 91.0 Å². The van der Waals surface area contributed by atoms with Crippen molar-refractivity contribution in [1.82, 2.24) is 0 Å². The van der Waals surface area contributed by atoms with Gasteiger partial charge in [-0.2, -0.15) is 0 Å². The summed E-state index contributed by atoms with van der Waals surface area (Å²) in [5.74, 6) is 0. The molecule has 0 fully saturated rings. The summed E-state index contributed by atoms with van der Waals surface area (Å²) < 4.78 is 4.63. The average Bonchev–Trinajstić information content (AvgIpc) is 2.51. The molecule has 0 spiro atoms. The Morgan fingerprint density at radius 2 is 0.632 bits per heavy atom. The Balaban J connectivity index is 2.12. The van der Waals surface area contributed by atoms with Gasteiger partial charge in [0, 0.05) is 0 Å². The first-order chi connectivity index (χ1) is 9.45. The van der Waals surface area contributed by atoms with E-state index in [0.717, 1.165) is 0 Å². The van der Waals surface area contributed by atoms with Crippen LogP contribution in [0.1, 0.15) is 0 Å². The number of rotatable bonds is 3. The molecule has 0 aliphatic rings. The summed E-state index contributed by atoms with van der Waals surface area (Å²) in [6.07, 6.45) is 0. The summed E-state index contributed by atoms with van der Waals surface area (Å²) in [7, 11) is 0. The maximum absolute atomic E-state index is 2.29. The SMILES string of the molecule is c1cc[c]([SbH2]([c]2ccccc2)[c]2ccccc2)cc1. The Morgan fingerprint density at radius 3 is 0.895 bits per heavy atom. The molecule has 0 saturated heterocycles. The first-order valence-corrected chi connectivity index (χ1v) is 11.5. The van der Waals surface area contributed by atoms with Crippen molar-refractivity contribution in [3.8, 4) is 0 Å². The third-order valence-electron chi connectivity index (χ3n) is 3.40. The summed E-state index contributed by atoms with van der Waals surface area (Å²) in [5, 5.41) is 0. The fourth-order valence-corrected chi connectivity index (χ4v) is 11.0. The van der Waals surface area contributed by atoms with Crippen LogP contribution in [0, 0.1) is 0 Å². The third-order valence-corrected chi connectivity index (χ3v) is 12.4. The van der Waals surface area contributed by atoms with Crippen molar-refractivity contribution in [1.29, 1.82) is 0 Å². The molecule has 94 valence electrons. The molecular weight excluding hydrogens is 338 g/mol. The number of benzene rings is 3. The molecule has 1 heteroatoms. The van der Waals surface area contributed by atoms with Crippen LogP contribution in [0.5, 0.6) is 0 Å². The molecular formula is C18H17Sb. The molecule has 3 aromatic carbocycles. The van der Waals surface area contributed by atoms with Gasteiger partial charge in [-0.05, 0) is 0 Å². The maximum atomic E-state index is 2.29. The van der Waals surface area contributed by atoms with Crippen LogP contribution in [-0.4, -0.2) is 20.2 Å². The van der Waals surface area contributed by atoms with Crippen molar-refractivity contribution in [2.24, 2.45) is 0 Å². The van der Waals surface area contributed by atoms with Gasteiger partial charge in [0.25, 0.3) is 0 Å². The Labute approximate surface area is 121 Å². The molecule has 0 aliphatic heterocycles. The monoisotopic (exact) mass is 354 g/mol. The van der Waals surface area contributed by atoms with E-state index in [0.29, 0.717) is 0 Å². The van der Waals surface area contributed by atoms with Crippen LogP contribution in [0.4, 0.5) is 0 Å². The van der Waals surface area contributed by atoms with Crippen LogP contribution in [0.3, 0.4) is 0 Å². The fraction of sp³-hybridized carbons (Fsp3) is 0. The van der Waals surface area contributed by atoms with Gasteiger partial charge < -0.3 is 0 Å². The molecule has 3 rings (SSSR count). The Bertz CT molecular complexity index is 524. The minimum absolute atomic E-state index is 1.54. The second-order valence-corrected chi connectivity index (χ2v) is 12.8. The molecule has 0 radical (unpaired) electrons. The summed E-state index contributed by atoms with van der Waals surface area (Å²) in [4.78, 5) is 0. The van der Waals surface area contributed by atoms with Crippen LogP contribution in [0.2, 0.25) is 0 Å². The van der Waals surface area contributed by atoms with E-state index < -0.39 is 20.2 Å². The van der Waals surface area contributed by atoms with Crippen molar-refractivity contribution in [3.63, 3.8) is 0 Å². The second kappa shape index (κ2) is 6.08. The Hall–Kier alpha value is -1.52. The zero-order valence-corrected chi connectivity index (χ0v) is 14.0. The number of hydrogen-bond donors (Lipinski definition) is 0. The zero-order chi connectivity index (χ0) is 12.9. The number of hydrogen-bond acceptors (Lipinski definition) is 0. The van der Waals surface area contributed by atoms with E-state index in [4.69, 9.17) is 0 Å². The van der Waals surface area contributed by atoms with E-state index in [1.165, 1.54) is 0 Å².